The third kappa shape index (κ3) is 7.01. The molecule has 0 bridgehead atoms. The fourth-order valence-electron chi connectivity index (χ4n) is 4.08. The lowest BCUT2D eigenvalue weighted by atomic mass is 10.1. The highest BCUT2D eigenvalue weighted by molar-refractivity contribution is 8.15. The van der Waals surface area contributed by atoms with Crippen LogP contribution in [0.4, 0.5) is 33.7 Å². The molecule has 15 heteroatoms. The molecule has 0 saturated carbocycles. The highest BCUT2D eigenvalue weighted by atomic mass is 32.2. The molecule has 222 valence electrons. The molecule has 1 saturated heterocycles. The van der Waals surface area contributed by atoms with Gasteiger partial charge in [-0.1, -0.05) is 29.1 Å². The number of carbonyl (C=O) groups excluding carboxylic acids is 2. The Morgan fingerprint density at radius 1 is 1.12 bits per heavy atom. The number of anilines is 2. The lowest BCUT2D eigenvalue weighted by Gasteiger charge is -2.20. The predicted molar refractivity (Wildman–Crippen MR) is 150 cm³/mol. The Morgan fingerprint density at radius 3 is 2.56 bits per heavy atom. The van der Waals surface area contributed by atoms with E-state index in [1.54, 1.807) is 6.07 Å². The molecule has 4 aromatic rings. The van der Waals surface area contributed by atoms with Gasteiger partial charge in [0.05, 0.1) is 23.7 Å². The van der Waals surface area contributed by atoms with Crippen LogP contribution < -0.4 is 15.0 Å². The van der Waals surface area contributed by atoms with Crippen LogP contribution in [0.15, 0.2) is 70.2 Å². The third-order valence-electron chi connectivity index (χ3n) is 5.97. The summed E-state index contributed by atoms with van der Waals surface area (Å²) in [6.45, 7) is 2.11. The fourth-order valence-corrected chi connectivity index (χ4v) is 4.94. The minimum atomic E-state index is -4.83. The zero-order valence-corrected chi connectivity index (χ0v) is 23.3. The van der Waals surface area contributed by atoms with Gasteiger partial charge in [-0.3, -0.25) is 9.69 Å². The van der Waals surface area contributed by atoms with Crippen molar-refractivity contribution in [2.75, 3.05) is 23.1 Å². The number of aliphatic imine (C=N–C) groups is 1. The van der Waals surface area contributed by atoms with Crippen molar-refractivity contribution in [1.82, 2.24) is 10.1 Å². The number of ether oxygens (including phenoxy) is 2. The number of halogens is 4. The summed E-state index contributed by atoms with van der Waals surface area (Å²) in [6, 6.07) is 13.2. The standard InChI is InChI=1S/C28H21F4N5O5S/c1-15-3-4-18(13-40-2)22(11-15)37-23(38)14-43-27(37)35-26(39)33-21-10-7-17(12-20(21)29)24-34-25(42-36-24)16-5-8-19(9-6-16)41-28(30,31)32/h3-12H,13-14H2,1-2H3,(H,33,39). The summed E-state index contributed by atoms with van der Waals surface area (Å²) in [5, 5.41) is 6.30. The van der Waals surface area contributed by atoms with Crippen molar-refractivity contribution in [1.29, 1.82) is 0 Å². The average Bonchev–Trinajstić information content (AvgIpc) is 3.58. The van der Waals surface area contributed by atoms with E-state index in [4.69, 9.17) is 9.26 Å². The molecule has 3 aromatic carbocycles. The maximum Gasteiger partial charge on any atom is 0.573 e. The van der Waals surface area contributed by atoms with Crippen molar-refractivity contribution < 1.29 is 41.1 Å². The van der Waals surface area contributed by atoms with Crippen molar-refractivity contribution in [3.05, 3.63) is 77.6 Å². The number of methoxy groups -OCH3 is 1. The molecule has 0 spiro atoms. The van der Waals surface area contributed by atoms with Crippen LogP contribution in [0, 0.1) is 12.7 Å². The second kappa shape index (κ2) is 12.2. The number of carbonyl (C=O) groups is 2. The van der Waals surface area contributed by atoms with Gasteiger partial charge in [0.2, 0.25) is 11.7 Å². The number of hydrogen-bond acceptors (Lipinski definition) is 8. The number of hydrogen-bond donors (Lipinski definition) is 1. The number of rotatable bonds is 7. The van der Waals surface area contributed by atoms with Gasteiger partial charge in [0.15, 0.2) is 5.17 Å². The number of aryl methyl sites for hydroxylation is 1. The van der Waals surface area contributed by atoms with E-state index < -0.39 is 24.0 Å². The normalized spacial score (nSPS) is 14.4. The van der Waals surface area contributed by atoms with E-state index in [9.17, 15) is 27.2 Å². The summed E-state index contributed by atoms with van der Waals surface area (Å²) in [4.78, 5) is 35.0. The fraction of sp³-hybridized carbons (Fsp3) is 0.179. The molecule has 3 amide bonds. The summed E-state index contributed by atoms with van der Waals surface area (Å²) in [6.07, 6.45) is -4.83. The van der Waals surface area contributed by atoms with Crippen molar-refractivity contribution >= 4 is 40.2 Å². The van der Waals surface area contributed by atoms with E-state index in [0.717, 1.165) is 41.1 Å². The zero-order chi connectivity index (χ0) is 30.7. The first kappa shape index (κ1) is 29.7. The minimum absolute atomic E-state index is 0.00386. The molecule has 0 radical (unpaired) electrons. The van der Waals surface area contributed by atoms with Gasteiger partial charge < -0.3 is 19.3 Å². The first-order chi connectivity index (χ1) is 20.5. The molecular weight excluding hydrogens is 594 g/mol. The Balaban J connectivity index is 1.30. The van der Waals surface area contributed by atoms with Crippen molar-refractivity contribution in [3.63, 3.8) is 0 Å². The van der Waals surface area contributed by atoms with Gasteiger partial charge >= 0.3 is 12.4 Å². The zero-order valence-electron chi connectivity index (χ0n) is 22.4. The molecule has 1 N–H and O–H groups in total. The van der Waals surface area contributed by atoms with Crippen LogP contribution in [-0.2, 0) is 16.1 Å². The first-order valence-corrected chi connectivity index (χ1v) is 13.4. The highest BCUT2D eigenvalue weighted by Crippen LogP contribution is 2.32. The summed E-state index contributed by atoms with van der Waals surface area (Å²) >= 11 is 1.08. The Morgan fingerprint density at radius 2 is 1.86 bits per heavy atom. The summed E-state index contributed by atoms with van der Waals surface area (Å²) in [5.41, 5.74) is 2.52. The topological polar surface area (TPSA) is 119 Å². The Hall–Kier alpha value is -4.76. The second-order valence-corrected chi connectivity index (χ2v) is 10.0. The molecule has 0 aliphatic carbocycles. The molecule has 0 atom stereocenters. The lowest BCUT2D eigenvalue weighted by Crippen LogP contribution is -2.31. The number of aromatic nitrogens is 2. The molecule has 1 fully saturated rings. The van der Waals surface area contributed by atoms with Crippen LogP contribution in [0.25, 0.3) is 22.8 Å². The van der Waals surface area contributed by atoms with Crippen molar-refractivity contribution in [3.8, 4) is 28.6 Å². The predicted octanol–water partition coefficient (Wildman–Crippen LogP) is 6.56. The van der Waals surface area contributed by atoms with Crippen LogP contribution in [0.1, 0.15) is 11.1 Å². The number of amides is 3. The van der Waals surface area contributed by atoms with Crippen molar-refractivity contribution in [2.45, 2.75) is 19.9 Å². The van der Waals surface area contributed by atoms with Gasteiger partial charge in [-0.2, -0.15) is 9.98 Å². The van der Waals surface area contributed by atoms with Crippen molar-refractivity contribution in [2.24, 2.45) is 4.99 Å². The summed E-state index contributed by atoms with van der Waals surface area (Å²) < 4.78 is 66.3. The van der Waals surface area contributed by atoms with E-state index in [0.29, 0.717) is 11.3 Å². The van der Waals surface area contributed by atoms with E-state index >= 15 is 0 Å². The van der Waals surface area contributed by atoms with Gasteiger partial charge in [0, 0.05) is 23.8 Å². The smallest absolute Gasteiger partial charge is 0.406 e. The Labute approximate surface area is 245 Å². The molecule has 1 aliphatic heterocycles. The average molecular weight is 616 g/mol. The number of urea groups is 1. The van der Waals surface area contributed by atoms with Gasteiger partial charge in [-0.15, -0.1) is 13.2 Å². The number of amidine groups is 1. The van der Waals surface area contributed by atoms with Gasteiger partial charge in [0.25, 0.3) is 5.89 Å². The van der Waals surface area contributed by atoms with Crippen LogP contribution in [0.2, 0.25) is 0 Å². The maximum absolute atomic E-state index is 15.0. The molecular formula is C28H21F4N5O5S. The number of benzene rings is 3. The van der Waals surface area contributed by atoms with Gasteiger partial charge in [-0.05, 0) is 61.0 Å². The van der Waals surface area contributed by atoms with Crippen LogP contribution in [-0.4, -0.2) is 46.5 Å². The van der Waals surface area contributed by atoms with E-state index in [1.165, 1.54) is 36.3 Å². The Kier molecular flexibility index (Phi) is 8.45. The lowest BCUT2D eigenvalue weighted by molar-refractivity contribution is -0.274. The van der Waals surface area contributed by atoms with Gasteiger partial charge in [-0.25, -0.2) is 9.18 Å². The molecule has 2 heterocycles. The van der Waals surface area contributed by atoms with Crippen LogP contribution in [0.5, 0.6) is 5.75 Å². The van der Waals surface area contributed by atoms with Crippen LogP contribution >= 0.6 is 11.8 Å². The quantitative estimate of drug-likeness (QED) is 0.232. The number of nitrogens with one attached hydrogen (secondary N) is 1. The Bertz CT molecular complexity index is 1710. The number of alkyl halides is 3. The molecule has 1 aromatic heterocycles. The second-order valence-electron chi connectivity index (χ2n) is 9.10. The molecule has 43 heavy (non-hydrogen) atoms. The molecule has 5 rings (SSSR count). The van der Waals surface area contributed by atoms with E-state index in [1.807, 2.05) is 19.1 Å². The maximum atomic E-state index is 15.0. The monoisotopic (exact) mass is 615 g/mol. The number of thioether (sulfide) groups is 1. The number of nitrogens with zero attached hydrogens (tertiary/aromatic N) is 4. The third-order valence-corrected chi connectivity index (χ3v) is 6.90. The van der Waals surface area contributed by atoms with E-state index in [2.05, 4.69) is 25.2 Å². The van der Waals surface area contributed by atoms with E-state index in [-0.39, 0.29) is 46.4 Å². The first-order valence-electron chi connectivity index (χ1n) is 12.4. The molecule has 0 unspecified atom stereocenters. The minimum Gasteiger partial charge on any atom is -0.406 e. The van der Waals surface area contributed by atoms with Crippen LogP contribution in [0.3, 0.4) is 0 Å². The largest absolute Gasteiger partial charge is 0.573 e. The molecule has 10 nitrogen and oxygen atoms in total. The van der Waals surface area contributed by atoms with Gasteiger partial charge in [0.1, 0.15) is 11.6 Å². The highest BCUT2D eigenvalue weighted by Gasteiger charge is 2.32. The summed E-state index contributed by atoms with van der Waals surface area (Å²) in [5.74, 6) is -1.44. The molecule has 1 aliphatic rings. The SMILES string of the molecule is COCc1ccc(C)cc1N1C(=O)CSC1=NC(=O)Nc1ccc(-c2noc(-c3ccc(OC(F)(F)F)cc3)n2)cc1F. The summed E-state index contributed by atoms with van der Waals surface area (Å²) in [7, 11) is 1.53.